The summed E-state index contributed by atoms with van der Waals surface area (Å²) in [5.41, 5.74) is 2.09. The Bertz CT molecular complexity index is 440. The third-order valence-electron chi connectivity index (χ3n) is 3.55. The summed E-state index contributed by atoms with van der Waals surface area (Å²) in [6, 6.07) is 3.53. The fraction of sp³-hybridized carbons (Fsp3) is 0.533. The van der Waals surface area contributed by atoms with E-state index in [0.29, 0.717) is 12.1 Å². The van der Waals surface area contributed by atoms with Gasteiger partial charge in [-0.15, -0.1) is 0 Å². The Morgan fingerprint density at radius 2 is 1.89 bits per heavy atom. The molecule has 0 aromatic heterocycles. The van der Waals surface area contributed by atoms with Crippen LogP contribution in [0.1, 0.15) is 35.3 Å². The zero-order valence-corrected chi connectivity index (χ0v) is 12.3. The third kappa shape index (κ3) is 3.96. The van der Waals surface area contributed by atoms with Crippen LogP contribution in [0.2, 0.25) is 0 Å². The molecule has 1 aromatic carbocycles. The number of aromatic hydroxyl groups is 1. The van der Waals surface area contributed by atoms with Crippen molar-refractivity contribution in [3.63, 3.8) is 0 Å². The van der Waals surface area contributed by atoms with Crippen LogP contribution in [0.4, 0.5) is 0 Å². The van der Waals surface area contributed by atoms with Crippen LogP contribution in [-0.2, 0) is 0 Å². The number of nitrogens with zero attached hydrogens (tertiary/aromatic N) is 1. The molecule has 0 aliphatic rings. The molecule has 0 fully saturated rings. The average molecular weight is 264 g/mol. The van der Waals surface area contributed by atoms with Crippen molar-refractivity contribution in [2.24, 2.45) is 0 Å². The number of nitrogens with one attached hydrogen (secondary N) is 1. The Balaban J connectivity index is 2.62. The highest BCUT2D eigenvalue weighted by Gasteiger charge is 2.13. The third-order valence-corrected chi connectivity index (χ3v) is 3.55. The molecule has 1 aromatic rings. The van der Waals surface area contributed by atoms with Gasteiger partial charge < -0.3 is 15.3 Å². The number of phenols is 1. The minimum atomic E-state index is -0.215. The number of hydrogen-bond donors (Lipinski definition) is 2. The van der Waals surface area contributed by atoms with E-state index in [2.05, 4.69) is 24.1 Å². The van der Waals surface area contributed by atoms with Gasteiger partial charge in [0.05, 0.1) is 5.56 Å². The molecular weight excluding hydrogens is 240 g/mol. The Kier molecular flexibility index (Phi) is 5.83. The molecule has 0 saturated carbocycles. The Hall–Kier alpha value is -1.55. The van der Waals surface area contributed by atoms with Crippen molar-refractivity contribution in [1.29, 1.82) is 0 Å². The van der Waals surface area contributed by atoms with Gasteiger partial charge in [0.1, 0.15) is 5.75 Å². The fourth-order valence-electron chi connectivity index (χ4n) is 1.95. The van der Waals surface area contributed by atoms with Gasteiger partial charge in [-0.25, -0.2) is 0 Å². The molecule has 1 amide bonds. The molecular formula is C15H24N2O2. The smallest absolute Gasteiger partial charge is 0.255 e. The molecule has 0 radical (unpaired) electrons. The lowest BCUT2D eigenvalue weighted by Crippen LogP contribution is -2.34. The van der Waals surface area contributed by atoms with E-state index in [0.717, 1.165) is 30.8 Å². The summed E-state index contributed by atoms with van der Waals surface area (Å²) in [4.78, 5) is 14.2. The summed E-state index contributed by atoms with van der Waals surface area (Å²) in [7, 11) is 0. The molecule has 0 aliphatic carbocycles. The van der Waals surface area contributed by atoms with Gasteiger partial charge in [-0.3, -0.25) is 4.79 Å². The van der Waals surface area contributed by atoms with E-state index >= 15 is 0 Å². The molecule has 4 nitrogen and oxygen atoms in total. The SMILES string of the molecule is CCN(CC)CCNC(=O)c1ccc(C)c(C)c1O. The number of benzene rings is 1. The zero-order chi connectivity index (χ0) is 14.4. The van der Waals surface area contributed by atoms with Gasteiger partial charge in [0.15, 0.2) is 0 Å². The molecule has 1 rings (SSSR count). The first-order valence-electron chi connectivity index (χ1n) is 6.80. The van der Waals surface area contributed by atoms with Gasteiger partial charge in [0, 0.05) is 13.1 Å². The van der Waals surface area contributed by atoms with Crippen LogP contribution in [0.3, 0.4) is 0 Å². The highest BCUT2D eigenvalue weighted by atomic mass is 16.3. The highest BCUT2D eigenvalue weighted by molar-refractivity contribution is 5.97. The number of rotatable bonds is 6. The van der Waals surface area contributed by atoms with E-state index in [1.165, 1.54) is 0 Å². The van der Waals surface area contributed by atoms with Crippen molar-refractivity contribution in [1.82, 2.24) is 10.2 Å². The minimum Gasteiger partial charge on any atom is -0.507 e. The summed E-state index contributed by atoms with van der Waals surface area (Å²) in [5, 5.41) is 12.8. The Morgan fingerprint density at radius 3 is 2.47 bits per heavy atom. The fourth-order valence-corrected chi connectivity index (χ4v) is 1.95. The topological polar surface area (TPSA) is 52.6 Å². The summed E-state index contributed by atoms with van der Waals surface area (Å²) in [5.74, 6) is -0.131. The van der Waals surface area contributed by atoms with Gasteiger partial charge in [-0.1, -0.05) is 19.9 Å². The first kappa shape index (κ1) is 15.5. The van der Waals surface area contributed by atoms with Gasteiger partial charge in [0.2, 0.25) is 0 Å². The number of carbonyl (C=O) groups is 1. The average Bonchev–Trinajstić information content (AvgIpc) is 2.41. The zero-order valence-electron chi connectivity index (χ0n) is 12.3. The lowest BCUT2D eigenvalue weighted by atomic mass is 10.0. The second kappa shape index (κ2) is 7.14. The molecule has 0 atom stereocenters. The summed E-state index contributed by atoms with van der Waals surface area (Å²) in [6.07, 6.45) is 0. The number of amides is 1. The van der Waals surface area contributed by atoms with Crippen LogP contribution in [0.5, 0.6) is 5.75 Å². The van der Waals surface area contributed by atoms with E-state index in [1.54, 1.807) is 6.07 Å². The molecule has 106 valence electrons. The Labute approximate surface area is 115 Å². The molecule has 0 saturated heterocycles. The van der Waals surface area contributed by atoms with Gasteiger partial charge in [-0.2, -0.15) is 0 Å². The van der Waals surface area contributed by atoms with Crippen molar-refractivity contribution < 1.29 is 9.90 Å². The largest absolute Gasteiger partial charge is 0.507 e. The number of hydrogen-bond acceptors (Lipinski definition) is 3. The van der Waals surface area contributed by atoms with Crippen LogP contribution < -0.4 is 5.32 Å². The van der Waals surface area contributed by atoms with Crippen molar-refractivity contribution >= 4 is 5.91 Å². The van der Waals surface area contributed by atoms with E-state index in [-0.39, 0.29) is 11.7 Å². The molecule has 0 spiro atoms. The number of phenolic OH excluding ortho intramolecular Hbond substituents is 1. The van der Waals surface area contributed by atoms with Crippen molar-refractivity contribution in [3.05, 3.63) is 28.8 Å². The number of aryl methyl sites for hydroxylation is 1. The maximum Gasteiger partial charge on any atom is 0.255 e. The minimum absolute atomic E-state index is 0.0836. The van der Waals surface area contributed by atoms with Crippen LogP contribution in [-0.4, -0.2) is 42.1 Å². The Morgan fingerprint density at radius 1 is 1.26 bits per heavy atom. The second-order valence-electron chi connectivity index (χ2n) is 4.69. The molecule has 4 heteroatoms. The maximum atomic E-state index is 12.0. The second-order valence-corrected chi connectivity index (χ2v) is 4.69. The summed E-state index contributed by atoms with van der Waals surface area (Å²) < 4.78 is 0. The van der Waals surface area contributed by atoms with Crippen molar-refractivity contribution in [2.75, 3.05) is 26.2 Å². The van der Waals surface area contributed by atoms with Crippen molar-refractivity contribution in [3.8, 4) is 5.75 Å². The first-order chi connectivity index (χ1) is 9.01. The molecule has 0 bridgehead atoms. The van der Waals surface area contributed by atoms with E-state index in [4.69, 9.17) is 0 Å². The maximum absolute atomic E-state index is 12.0. The standard InChI is InChI=1S/C15H24N2O2/c1-5-17(6-2)10-9-16-15(19)13-8-7-11(3)12(4)14(13)18/h7-8,18H,5-6,9-10H2,1-4H3,(H,16,19). The molecule has 0 aliphatic heterocycles. The predicted octanol–water partition coefficient (Wildman–Crippen LogP) is 2.08. The monoisotopic (exact) mass is 264 g/mol. The lowest BCUT2D eigenvalue weighted by Gasteiger charge is -2.18. The van der Waals surface area contributed by atoms with Crippen LogP contribution >= 0.6 is 0 Å². The van der Waals surface area contributed by atoms with Crippen LogP contribution in [0, 0.1) is 13.8 Å². The predicted molar refractivity (Wildman–Crippen MR) is 77.7 cm³/mol. The molecule has 0 heterocycles. The normalized spacial score (nSPS) is 10.8. The molecule has 2 N–H and O–H groups in total. The van der Waals surface area contributed by atoms with E-state index < -0.39 is 0 Å². The van der Waals surface area contributed by atoms with E-state index in [9.17, 15) is 9.90 Å². The van der Waals surface area contributed by atoms with Gasteiger partial charge in [0.25, 0.3) is 5.91 Å². The molecule has 19 heavy (non-hydrogen) atoms. The number of carbonyl (C=O) groups excluding carboxylic acids is 1. The summed E-state index contributed by atoms with van der Waals surface area (Å²) in [6.45, 7) is 11.3. The number of likely N-dealkylation sites (N-methyl/N-ethyl adjacent to an activating group) is 1. The first-order valence-corrected chi connectivity index (χ1v) is 6.80. The van der Waals surface area contributed by atoms with Gasteiger partial charge >= 0.3 is 0 Å². The van der Waals surface area contributed by atoms with E-state index in [1.807, 2.05) is 19.9 Å². The summed E-state index contributed by atoms with van der Waals surface area (Å²) >= 11 is 0. The quantitative estimate of drug-likeness (QED) is 0.827. The lowest BCUT2D eigenvalue weighted by molar-refractivity contribution is 0.0946. The molecule has 0 unspecified atom stereocenters. The van der Waals surface area contributed by atoms with Gasteiger partial charge in [-0.05, 0) is 44.1 Å². The highest BCUT2D eigenvalue weighted by Crippen LogP contribution is 2.24. The van der Waals surface area contributed by atoms with Crippen LogP contribution in [0.15, 0.2) is 12.1 Å². The van der Waals surface area contributed by atoms with Crippen LogP contribution in [0.25, 0.3) is 0 Å². The van der Waals surface area contributed by atoms with Crippen molar-refractivity contribution in [2.45, 2.75) is 27.7 Å².